The second-order valence-corrected chi connectivity index (χ2v) is 4.69. The molecule has 104 valence electrons. The van der Waals surface area contributed by atoms with E-state index in [1.54, 1.807) is 18.3 Å². The van der Waals surface area contributed by atoms with Crippen LogP contribution in [0.5, 0.6) is 0 Å². The lowest BCUT2D eigenvalue weighted by Crippen LogP contribution is -2.48. The average Bonchev–Trinajstić information content (AvgIpc) is 2.95. The molecular weight excluding hydrogens is 260 g/mol. The highest BCUT2D eigenvalue weighted by molar-refractivity contribution is 6.06. The maximum absolute atomic E-state index is 12.5. The number of aliphatic carboxylic acids is 1. The van der Waals surface area contributed by atoms with Crippen molar-refractivity contribution in [3.8, 4) is 0 Å². The van der Waals surface area contributed by atoms with Crippen molar-refractivity contribution < 1.29 is 19.4 Å². The Morgan fingerprint density at radius 2 is 2.20 bits per heavy atom. The number of carboxylic acid groups (broad SMARTS) is 1. The van der Waals surface area contributed by atoms with Gasteiger partial charge in [0.25, 0.3) is 5.91 Å². The highest BCUT2D eigenvalue weighted by Crippen LogP contribution is 2.20. The number of amides is 1. The number of carbonyl (C=O) groups is 2. The quantitative estimate of drug-likeness (QED) is 0.859. The van der Waals surface area contributed by atoms with Crippen molar-refractivity contribution in [2.24, 2.45) is 0 Å². The van der Waals surface area contributed by atoms with E-state index in [1.807, 2.05) is 12.1 Å². The summed E-state index contributed by atoms with van der Waals surface area (Å²) in [6.45, 7) is 0.726. The molecule has 2 heterocycles. The number of benzene rings is 1. The number of nitrogens with zero attached hydrogens (tertiary/aromatic N) is 1. The predicted molar refractivity (Wildman–Crippen MR) is 71.6 cm³/mol. The van der Waals surface area contributed by atoms with E-state index >= 15 is 0 Å². The molecule has 20 heavy (non-hydrogen) atoms. The first kappa shape index (κ1) is 12.7. The van der Waals surface area contributed by atoms with Crippen molar-refractivity contribution in [3.63, 3.8) is 0 Å². The van der Waals surface area contributed by atoms with E-state index < -0.39 is 12.1 Å². The molecule has 6 heteroatoms. The van der Waals surface area contributed by atoms with Gasteiger partial charge in [-0.2, -0.15) is 0 Å². The van der Waals surface area contributed by atoms with Crippen LogP contribution < -0.4 is 0 Å². The molecule has 0 spiro atoms. The molecule has 2 aromatic rings. The summed E-state index contributed by atoms with van der Waals surface area (Å²) < 4.78 is 5.13. The van der Waals surface area contributed by atoms with Crippen LogP contribution in [0.2, 0.25) is 0 Å². The number of hydrogen-bond donors (Lipinski definition) is 2. The van der Waals surface area contributed by atoms with Crippen molar-refractivity contribution in [3.05, 3.63) is 36.0 Å². The Morgan fingerprint density at radius 3 is 3.00 bits per heavy atom. The molecular formula is C14H14N2O4. The Labute approximate surface area is 114 Å². The van der Waals surface area contributed by atoms with E-state index in [1.165, 1.54) is 4.90 Å². The van der Waals surface area contributed by atoms with Gasteiger partial charge in [0.1, 0.15) is 0 Å². The Balaban J connectivity index is 1.88. The molecule has 0 radical (unpaired) electrons. The van der Waals surface area contributed by atoms with Gasteiger partial charge >= 0.3 is 5.97 Å². The number of fused-ring (bicyclic) bond motifs is 1. The van der Waals surface area contributed by atoms with E-state index in [9.17, 15) is 9.59 Å². The summed E-state index contributed by atoms with van der Waals surface area (Å²) >= 11 is 0. The van der Waals surface area contributed by atoms with Crippen LogP contribution in [-0.2, 0) is 9.53 Å². The fourth-order valence-electron chi connectivity index (χ4n) is 2.43. The lowest BCUT2D eigenvalue weighted by Gasteiger charge is -2.31. The Morgan fingerprint density at radius 1 is 1.35 bits per heavy atom. The highest BCUT2D eigenvalue weighted by Gasteiger charge is 2.29. The molecule has 1 amide bonds. The van der Waals surface area contributed by atoms with Gasteiger partial charge in [-0.25, -0.2) is 4.79 Å². The van der Waals surface area contributed by atoms with Crippen LogP contribution in [0, 0.1) is 0 Å². The first-order valence-corrected chi connectivity index (χ1v) is 6.36. The summed E-state index contributed by atoms with van der Waals surface area (Å²) in [5, 5.41) is 9.82. The van der Waals surface area contributed by atoms with Gasteiger partial charge < -0.3 is 19.7 Å². The number of H-pyrrole nitrogens is 1. The molecule has 6 nitrogen and oxygen atoms in total. The fourth-order valence-corrected chi connectivity index (χ4v) is 2.43. The third-order valence-electron chi connectivity index (χ3n) is 3.45. The van der Waals surface area contributed by atoms with E-state index in [0.717, 1.165) is 10.9 Å². The number of morpholine rings is 1. The van der Waals surface area contributed by atoms with Gasteiger partial charge in [-0.15, -0.1) is 0 Å². The second kappa shape index (κ2) is 4.97. The molecule has 1 atom stereocenters. The zero-order valence-corrected chi connectivity index (χ0v) is 10.7. The monoisotopic (exact) mass is 274 g/mol. The topological polar surface area (TPSA) is 82.6 Å². The van der Waals surface area contributed by atoms with Crippen molar-refractivity contribution >= 4 is 22.8 Å². The van der Waals surface area contributed by atoms with Gasteiger partial charge in [0, 0.05) is 29.2 Å². The number of rotatable bonds is 2. The number of nitrogens with one attached hydrogen (secondary N) is 1. The fraction of sp³-hybridized carbons (Fsp3) is 0.286. The molecule has 1 aliphatic rings. The van der Waals surface area contributed by atoms with Crippen molar-refractivity contribution in [2.75, 3.05) is 19.7 Å². The standard InChI is InChI=1S/C14H14N2O4/c17-13(16-6-7-20-12(8-16)14(18)19)10-2-1-3-11-9(10)4-5-15-11/h1-5,12,15H,6-8H2,(H,18,19). The SMILES string of the molecule is O=C(O)C1CN(C(=O)c2cccc3[nH]ccc23)CCO1. The van der Waals surface area contributed by atoms with Crippen LogP contribution in [0.1, 0.15) is 10.4 Å². The predicted octanol–water partition coefficient (Wildman–Crippen LogP) is 1.09. The van der Waals surface area contributed by atoms with Crippen molar-refractivity contribution in [1.29, 1.82) is 0 Å². The third-order valence-corrected chi connectivity index (χ3v) is 3.45. The Hall–Kier alpha value is -2.34. The van der Waals surface area contributed by atoms with E-state index in [2.05, 4.69) is 4.98 Å². The molecule has 1 fully saturated rings. The first-order chi connectivity index (χ1) is 9.66. The van der Waals surface area contributed by atoms with Crippen LogP contribution >= 0.6 is 0 Å². The van der Waals surface area contributed by atoms with Gasteiger partial charge in [-0.1, -0.05) is 6.07 Å². The average molecular weight is 274 g/mol. The molecule has 0 bridgehead atoms. The molecule has 2 N–H and O–H groups in total. The van der Waals surface area contributed by atoms with E-state index in [-0.39, 0.29) is 19.1 Å². The zero-order valence-electron chi connectivity index (χ0n) is 10.7. The van der Waals surface area contributed by atoms with Crippen LogP contribution in [0.3, 0.4) is 0 Å². The molecule has 1 unspecified atom stereocenters. The lowest BCUT2D eigenvalue weighted by molar-refractivity contribution is -0.154. The number of aromatic nitrogens is 1. The van der Waals surface area contributed by atoms with Crippen LogP contribution in [0.25, 0.3) is 10.9 Å². The maximum Gasteiger partial charge on any atom is 0.334 e. The first-order valence-electron chi connectivity index (χ1n) is 6.36. The smallest absolute Gasteiger partial charge is 0.334 e. The largest absolute Gasteiger partial charge is 0.479 e. The molecule has 1 aromatic carbocycles. The van der Waals surface area contributed by atoms with E-state index in [0.29, 0.717) is 12.1 Å². The minimum absolute atomic E-state index is 0.0784. The van der Waals surface area contributed by atoms with Crippen LogP contribution in [0.15, 0.2) is 30.5 Å². The number of hydrogen-bond acceptors (Lipinski definition) is 3. The Bertz CT molecular complexity index is 664. The summed E-state index contributed by atoms with van der Waals surface area (Å²) in [6, 6.07) is 7.30. The normalized spacial score (nSPS) is 19.2. The molecule has 1 saturated heterocycles. The van der Waals surface area contributed by atoms with Gasteiger partial charge in [0.2, 0.25) is 0 Å². The summed E-state index contributed by atoms with van der Waals surface area (Å²) in [5.74, 6) is -1.20. The lowest BCUT2D eigenvalue weighted by atomic mass is 10.1. The molecule has 0 saturated carbocycles. The second-order valence-electron chi connectivity index (χ2n) is 4.69. The number of carboxylic acids is 1. The number of ether oxygens (including phenoxy) is 1. The maximum atomic E-state index is 12.5. The summed E-state index contributed by atoms with van der Waals surface area (Å²) in [5.41, 5.74) is 1.47. The molecule has 1 aliphatic heterocycles. The van der Waals surface area contributed by atoms with Gasteiger partial charge in [-0.05, 0) is 18.2 Å². The van der Waals surface area contributed by atoms with Gasteiger partial charge in [0.15, 0.2) is 6.10 Å². The third kappa shape index (κ3) is 2.14. The highest BCUT2D eigenvalue weighted by atomic mass is 16.5. The van der Waals surface area contributed by atoms with Crippen molar-refractivity contribution in [1.82, 2.24) is 9.88 Å². The zero-order chi connectivity index (χ0) is 14.1. The molecule has 3 rings (SSSR count). The van der Waals surface area contributed by atoms with Crippen molar-refractivity contribution in [2.45, 2.75) is 6.10 Å². The number of aromatic amines is 1. The number of carbonyl (C=O) groups excluding carboxylic acids is 1. The van der Waals surface area contributed by atoms with Gasteiger partial charge in [0.05, 0.1) is 13.2 Å². The minimum Gasteiger partial charge on any atom is -0.479 e. The Kier molecular flexibility index (Phi) is 3.15. The molecule has 0 aliphatic carbocycles. The van der Waals surface area contributed by atoms with Gasteiger partial charge in [-0.3, -0.25) is 4.79 Å². The summed E-state index contributed by atoms with van der Waals surface area (Å²) in [4.78, 5) is 28.1. The van der Waals surface area contributed by atoms with Crippen LogP contribution in [0.4, 0.5) is 0 Å². The molecule has 1 aromatic heterocycles. The van der Waals surface area contributed by atoms with Crippen LogP contribution in [-0.4, -0.2) is 52.7 Å². The summed E-state index contributed by atoms with van der Waals surface area (Å²) in [7, 11) is 0. The summed E-state index contributed by atoms with van der Waals surface area (Å²) in [6.07, 6.45) is 0.832. The minimum atomic E-state index is -1.04. The van der Waals surface area contributed by atoms with E-state index in [4.69, 9.17) is 9.84 Å².